The predicted molar refractivity (Wildman–Crippen MR) is 70.6 cm³/mol. The van der Waals surface area contributed by atoms with E-state index in [0.29, 0.717) is 5.92 Å². The average Bonchev–Trinajstić information content (AvgIpc) is 2.70. The van der Waals surface area contributed by atoms with E-state index in [0.717, 1.165) is 39.0 Å². The summed E-state index contributed by atoms with van der Waals surface area (Å²) in [4.78, 5) is 0. The highest BCUT2D eigenvalue weighted by molar-refractivity contribution is 5.31. The number of aromatic nitrogens is 1. The molecule has 1 fully saturated rings. The molecular weight excluding hydrogens is 226 g/mol. The Hall–Kier alpha value is -0.800. The van der Waals surface area contributed by atoms with Gasteiger partial charge >= 0.3 is 0 Å². The molecule has 0 amide bonds. The molecule has 0 spiro atoms. The Morgan fingerprint density at radius 1 is 1.39 bits per heavy atom. The topological polar surface area (TPSA) is 34.4 Å². The first-order valence-electron chi connectivity index (χ1n) is 7.20. The van der Waals surface area contributed by atoms with Gasteiger partial charge in [0.25, 0.3) is 0 Å². The van der Waals surface area contributed by atoms with Crippen molar-refractivity contribution in [3.05, 3.63) is 23.0 Å². The lowest BCUT2D eigenvalue weighted by atomic mass is 9.95. The highest BCUT2D eigenvalue weighted by atomic mass is 16.5. The number of fused-ring (bicyclic) bond motifs is 1. The lowest BCUT2D eigenvalue weighted by Gasteiger charge is -2.26. The van der Waals surface area contributed by atoms with Gasteiger partial charge < -0.3 is 14.4 Å². The van der Waals surface area contributed by atoms with Crippen molar-refractivity contribution >= 4 is 0 Å². The maximum Gasteiger partial charge on any atom is 0.0807 e. The number of aliphatic hydroxyl groups is 1. The first-order chi connectivity index (χ1) is 8.75. The van der Waals surface area contributed by atoms with Crippen LogP contribution in [-0.2, 0) is 17.7 Å². The molecule has 0 saturated carbocycles. The lowest BCUT2D eigenvalue weighted by molar-refractivity contribution is 0.0477. The largest absolute Gasteiger partial charge is 0.388 e. The van der Waals surface area contributed by atoms with Crippen molar-refractivity contribution in [1.82, 2.24) is 4.57 Å². The molecule has 100 valence electrons. The first-order valence-corrected chi connectivity index (χ1v) is 7.20. The van der Waals surface area contributed by atoms with Crippen LogP contribution >= 0.6 is 0 Å². The van der Waals surface area contributed by atoms with Gasteiger partial charge in [0.2, 0.25) is 0 Å². The van der Waals surface area contributed by atoms with Crippen molar-refractivity contribution in [2.45, 2.75) is 51.7 Å². The van der Waals surface area contributed by atoms with Gasteiger partial charge in [0, 0.05) is 36.0 Å². The molecule has 18 heavy (non-hydrogen) atoms. The number of hydrogen-bond acceptors (Lipinski definition) is 2. The summed E-state index contributed by atoms with van der Waals surface area (Å²) in [5, 5.41) is 10.1. The summed E-state index contributed by atoms with van der Waals surface area (Å²) in [5.74, 6) is 0.646. The molecule has 2 unspecified atom stereocenters. The van der Waals surface area contributed by atoms with Crippen molar-refractivity contribution in [3.63, 3.8) is 0 Å². The summed E-state index contributed by atoms with van der Waals surface area (Å²) in [6.07, 6.45) is 5.37. The summed E-state index contributed by atoms with van der Waals surface area (Å²) in [6.45, 7) is 5.05. The number of rotatable bonds is 2. The minimum Gasteiger partial charge on any atom is -0.388 e. The number of hydrogen-bond donors (Lipinski definition) is 1. The third-order valence-corrected chi connectivity index (χ3v) is 4.39. The SMILES string of the molecule is Cc1cc2c(n1CC1CCCOC1)CCCC2O. The van der Waals surface area contributed by atoms with Crippen LogP contribution in [0.25, 0.3) is 0 Å². The van der Waals surface area contributed by atoms with E-state index in [1.807, 2.05) is 0 Å². The first kappa shape index (κ1) is 12.2. The normalized spacial score (nSPS) is 28.1. The Kier molecular flexibility index (Phi) is 3.44. The second-order valence-electron chi connectivity index (χ2n) is 5.79. The monoisotopic (exact) mass is 249 g/mol. The van der Waals surface area contributed by atoms with E-state index in [2.05, 4.69) is 17.6 Å². The second kappa shape index (κ2) is 5.06. The van der Waals surface area contributed by atoms with E-state index < -0.39 is 0 Å². The van der Waals surface area contributed by atoms with Crippen LogP contribution in [0.2, 0.25) is 0 Å². The zero-order chi connectivity index (χ0) is 12.5. The molecule has 2 atom stereocenters. The fourth-order valence-corrected chi connectivity index (χ4v) is 3.40. The van der Waals surface area contributed by atoms with Gasteiger partial charge in [0.15, 0.2) is 0 Å². The smallest absolute Gasteiger partial charge is 0.0807 e. The number of ether oxygens (including phenoxy) is 1. The van der Waals surface area contributed by atoms with E-state index in [4.69, 9.17) is 4.74 Å². The molecule has 1 N–H and O–H groups in total. The molecule has 1 aliphatic heterocycles. The number of aliphatic hydroxyl groups excluding tert-OH is 1. The second-order valence-corrected chi connectivity index (χ2v) is 5.79. The molecule has 1 saturated heterocycles. The van der Waals surface area contributed by atoms with Crippen LogP contribution in [-0.4, -0.2) is 22.9 Å². The van der Waals surface area contributed by atoms with Crippen LogP contribution in [0.4, 0.5) is 0 Å². The van der Waals surface area contributed by atoms with E-state index in [9.17, 15) is 5.11 Å². The van der Waals surface area contributed by atoms with Gasteiger partial charge in [-0.1, -0.05) is 0 Å². The van der Waals surface area contributed by atoms with Gasteiger partial charge in [-0.15, -0.1) is 0 Å². The van der Waals surface area contributed by atoms with E-state index >= 15 is 0 Å². The van der Waals surface area contributed by atoms with Crippen LogP contribution in [0.1, 0.15) is 48.7 Å². The molecule has 2 heterocycles. The third-order valence-electron chi connectivity index (χ3n) is 4.39. The lowest BCUT2D eigenvalue weighted by Crippen LogP contribution is -2.24. The zero-order valence-electron chi connectivity index (χ0n) is 11.2. The van der Waals surface area contributed by atoms with Crippen molar-refractivity contribution in [1.29, 1.82) is 0 Å². The van der Waals surface area contributed by atoms with E-state index in [-0.39, 0.29) is 6.10 Å². The Morgan fingerprint density at radius 2 is 2.28 bits per heavy atom. The van der Waals surface area contributed by atoms with Crippen molar-refractivity contribution in [3.8, 4) is 0 Å². The van der Waals surface area contributed by atoms with Gasteiger partial charge in [-0.25, -0.2) is 0 Å². The van der Waals surface area contributed by atoms with E-state index in [1.54, 1.807) is 0 Å². The highest BCUT2D eigenvalue weighted by Crippen LogP contribution is 2.33. The number of aryl methyl sites for hydroxylation is 1. The van der Waals surface area contributed by atoms with Crippen LogP contribution in [0.15, 0.2) is 6.07 Å². The quantitative estimate of drug-likeness (QED) is 0.874. The number of nitrogens with zero attached hydrogens (tertiary/aromatic N) is 1. The van der Waals surface area contributed by atoms with Crippen LogP contribution in [0, 0.1) is 12.8 Å². The summed E-state index contributed by atoms with van der Waals surface area (Å²) in [6, 6.07) is 2.18. The molecule has 3 rings (SSSR count). The van der Waals surface area contributed by atoms with Crippen molar-refractivity contribution in [2.75, 3.05) is 13.2 Å². The van der Waals surface area contributed by atoms with Crippen molar-refractivity contribution < 1.29 is 9.84 Å². The highest BCUT2D eigenvalue weighted by Gasteiger charge is 2.24. The molecule has 1 aromatic heterocycles. The standard InChI is InChI=1S/C15H23NO2/c1-11-8-13-14(5-2-6-15(13)17)16(11)9-12-4-3-7-18-10-12/h8,12,15,17H,2-7,9-10H2,1H3. The van der Waals surface area contributed by atoms with E-state index in [1.165, 1.54) is 29.8 Å². The zero-order valence-corrected chi connectivity index (χ0v) is 11.2. The summed E-state index contributed by atoms with van der Waals surface area (Å²) in [7, 11) is 0. The molecule has 0 radical (unpaired) electrons. The molecule has 3 heteroatoms. The fraction of sp³-hybridized carbons (Fsp3) is 0.733. The molecule has 1 aliphatic carbocycles. The van der Waals surface area contributed by atoms with Gasteiger partial charge in [0.05, 0.1) is 12.7 Å². The third kappa shape index (κ3) is 2.21. The Labute approximate surface area is 109 Å². The Balaban J connectivity index is 1.82. The summed E-state index contributed by atoms with van der Waals surface area (Å²) in [5.41, 5.74) is 3.85. The maximum absolute atomic E-state index is 10.1. The van der Waals surface area contributed by atoms with Crippen LogP contribution < -0.4 is 0 Å². The Morgan fingerprint density at radius 3 is 3.06 bits per heavy atom. The molecule has 0 aromatic carbocycles. The average molecular weight is 249 g/mol. The molecule has 1 aromatic rings. The predicted octanol–water partition coefficient (Wildman–Crippen LogP) is 2.59. The molecule has 0 bridgehead atoms. The van der Waals surface area contributed by atoms with Crippen LogP contribution in [0.3, 0.4) is 0 Å². The van der Waals surface area contributed by atoms with Gasteiger partial charge in [0.1, 0.15) is 0 Å². The van der Waals surface area contributed by atoms with Gasteiger partial charge in [-0.2, -0.15) is 0 Å². The molecule has 3 nitrogen and oxygen atoms in total. The summed E-state index contributed by atoms with van der Waals surface area (Å²) >= 11 is 0. The Bertz CT molecular complexity index is 418. The maximum atomic E-state index is 10.1. The van der Waals surface area contributed by atoms with Gasteiger partial charge in [-0.05, 0) is 45.1 Å². The molecule has 2 aliphatic rings. The summed E-state index contributed by atoms with van der Waals surface area (Å²) < 4.78 is 8.00. The van der Waals surface area contributed by atoms with Crippen molar-refractivity contribution in [2.24, 2.45) is 5.92 Å². The van der Waals surface area contributed by atoms with Crippen LogP contribution in [0.5, 0.6) is 0 Å². The minimum absolute atomic E-state index is 0.240. The fourth-order valence-electron chi connectivity index (χ4n) is 3.40. The molecular formula is C15H23NO2. The minimum atomic E-state index is -0.240. The van der Waals surface area contributed by atoms with Gasteiger partial charge in [-0.3, -0.25) is 0 Å².